The molecule has 0 spiro atoms. The fourth-order valence-electron chi connectivity index (χ4n) is 4.40. The van der Waals surface area contributed by atoms with Crippen molar-refractivity contribution in [2.45, 2.75) is 35.5 Å². The smallest absolute Gasteiger partial charge is 0.259 e. The number of para-hydroxylation sites is 1. The number of hydrogen-bond acceptors (Lipinski definition) is 10. The average molecular weight is 531 g/mol. The topological polar surface area (TPSA) is 89.2 Å². The average Bonchev–Trinajstić information content (AvgIpc) is 3.54. The maximum atomic E-state index is 6.28. The second-order valence-corrected chi connectivity index (χ2v) is 11.0. The van der Waals surface area contributed by atoms with Crippen molar-refractivity contribution in [3.8, 4) is 11.5 Å². The van der Waals surface area contributed by atoms with Gasteiger partial charge in [-0.05, 0) is 58.1 Å². The third kappa shape index (κ3) is 5.31. The molecule has 188 valence electrons. The molecule has 4 aromatic heterocycles. The molecule has 1 aromatic carbocycles. The second-order valence-electron chi connectivity index (χ2n) is 9.07. The fraction of sp³-hybridized carbons (Fsp3) is 0.259. The van der Waals surface area contributed by atoms with Crippen LogP contribution in [0.3, 0.4) is 0 Å². The summed E-state index contributed by atoms with van der Waals surface area (Å²) in [5.41, 5.74) is 2.49. The Morgan fingerprint density at radius 2 is 1.97 bits per heavy atom. The van der Waals surface area contributed by atoms with Gasteiger partial charge in [0.25, 0.3) is 5.71 Å². The lowest BCUT2D eigenvalue weighted by molar-refractivity contribution is 0.254. The highest BCUT2D eigenvalue weighted by molar-refractivity contribution is 7.99. The summed E-state index contributed by atoms with van der Waals surface area (Å²) in [6.07, 6.45) is 5.84. The number of aromatic nitrogens is 4. The Morgan fingerprint density at radius 3 is 2.81 bits per heavy atom. The van der Waals surface area contributed by atoms with Gasteiger partial charge >= 0.3 is 0 Å². The summed E-state index contributed by atoms with van der Waals surface area (Å²) < 4.78 is 11.6. The lowest BCUT2D eigenvalue weighted by Gasteiger charge is -2.27. The zero-order valence-corrected chi connectivity index (χ0v) is 22.2. The number of rotatable bonds is 7. The molecule has 1 aliphatic heterocycles. The molecule has 1 N–H and O–H groups in total. The maximum Gasteiger partial charge on any atom is 0.259 e. The van der Waals surface area contributed by atoms with Crippen molar-refractivity contribution >= 4 is 45.1 Å². The Kier molecular flexibility index (Phi) is 6.77. The molecule has 0 radical (unpaired) electrons. The number of nitrogens with zero attached hydrogens (tertiary/aromatic N) is 5. The molecule has 0 aliphatic carbocycles. The van der Waals surface area contributed by atoms with E-state index in [0.29, 0.717) is 23.2 Å². The monoisotopic (exact) mass is 530 g/mol. The van der Waals surface area contributed by atoms with E-state index in [1.807, 2.05) is 55.6 Å². The third-order valence-corrected chi connectivity index (χ3v) is 8.21. The first-order chi connectivity index (χ1) is 18.1. The predicted octanol–water partition coefficient (Wildman–Crippen LogP) is 6.88. The van der Waals surface area contributed by atoms with E-state index in [9.17, 15) is 0 Å². The summed E-state index contributed by atoms with van der Waals surface area (Å²) >= 11 is 3.18. The molecule has 10 heteroatoms. The largest absolute Gasteiger partial charge is 0.453 e. The van der Waals surface area contributed by atoms with E-state index in [4.69, 9.17) is 19.2 Å². The number of piperidine rings is 1. The molecule has 0 atom stereocenters. The van der Waals surface area contributed by atoms with Gasteiger partial charge in [-0.3, -0.25) is 0 Å². The number of thiazole rings is 1. The zero-order chi connectivity index (χ0) is 25.2. The van der Waals surface area contributed by atoms with Gasteiger partial charge in [0.05, 0.1) is 16.8 Å². The van der Waals surface area contributed by atoms with Crippen LogP contribution in [0.2, 0.25) is 0 Å². The van der Waals surface area contributed by atoms with Gasteiger partial charge in [0, 0.05) is 39.5 Å². The Hall–Kier alpha value is -3.47. The van der Waals surface area contributed by atoms with E-state index in [-0.39, 0.29) is 0 Å². The zero-order valence-electron chi connectivity index (χ0n) is 20.5. The molecule has 5 heterocycles. The van der Waals surface area contributed by atoms with Crippen LogP contribution in [0.1, 0.15) is 30.1 Å². The van der Waals surface area contributed by atoms with Crippen LogP contribution >= 0.6 is 23.1 Å². The number of nitrogens with one attached hydrogen (secondary N) is 1. The number of anilines is 2. The number of pyridine rings is 2. The number of benzene rings is 1. The molecule has 1 aliphatic rings. The number of fused-ring (bicyclic) bond motifs is 1. The van der Waals surface area contributed by atoms with Crippen molar-refractivity contribution in [1.29, 1.82) is 0 Å². The molecule has 5 aromatic rings. The van der Waals surface area contributed by atoms with E-state index >= 15 is 0 Å². The predicted molar refractivity (Wildman–Crippen MR) is 146 cm³/mol. The number of ether oxygens (including phenoxy) is 1. The number of likely N-dealkylation sites (tertiary alicyclic amines) is 1. The van der Waals surface area contributed by atoms with Gasteiger partial charge in [0.2, 0.25) is 0 Å². The van der Waals surface area contributed by atoms with Crippen LogP contribution in [0.15, 0.2) is 74.6 Å². The summed E-state index contributed by atoms with van der Waals surface area (Å²) in [4.78, 5) is 18.2. The van der Waals surface area contributed by atoms with Gasteiger partial charge in [0.1, 0.15) is 5.75 Å². The first-order valence-corrected chi connectivity index (χ1v) is 13.8. The van der Waals surface area contributed by atoms with Gasteiger partial charge in [-0.15, -0.1) is 11.3 Å². The molecule has 1 fully saturated rings. The Balaban J connectivity index is 1.28. The van der Waals surface area contributed by atoms with Crippen LogP contribution in [0.25, 0.3) is 11.1 Å². The fourth-order valence-corrected chi connectivity index (χ4v) is 6.19. The van der Waals surface area contributed by atoms with Gasteiger partial charge < -0.3 is 19.5 Å². The Morgan fingerprint density at radius 1 is 1.14 bits per heavy atom. The van der Waals surface area contributed by atoms with Crippen LogP contribution < -0.4 is 10.1 Å². The van der Waals surface area contributed by atoms with Gasteiger partial charge in [-0.25, -0.2) is 15.0 Å². The molecule has 1 saturated heterocycles. The highest BCUT2D eigenvalue weighted by Gasteiger charge is 2.21. The van der Waals surface area contributed by atoms with Crippen molar-refractivity contribution in [1.82, 2.24) is 25.0 Å². The highest BCUT2D eigenvalue weighted by Crippen LogP contribution is 2.39. The minimum absolute atomic E-state index is 0.507. The first kappa shape index (κ1) is 23.9. The summed E-state index contributed by atoms with van der Waals surface area (Å²) in [7, 11) is 2.18. The van der Waals surface area contributed by atoms with Crippen molar-refractivity contribution in [3.05, 3.63) is 71.6 Å². The van der Waals surface area contributed by atoms with E-state index in [1.165, 1.54) is 0 Å². The second kappa shape index (κ2) is 10.5. The Labute approximate surface area is 223 Å². The van der Waals surface area contributed by atoms with Crippen LogP contribution in [-0.2, 0) is 0 Å². The van der Waals surface area contributed by atoms with E-state index < -0.39 is 0 Å². The van der Waals surface area contributed by atoms with Crippen molar-refractivity contribution in [2.75, 3.05) is 25.5 Å². The first-order valence-electron chi connectivity index (χ1n) is 12.1. The van der Waals surface area contributed by atoms with Crippen molar-refractivity contribution < 1.29 is 9.26 Å². The molecular formula is C27H26N6O2S2. The van der Waals surface area contributed by atoms with Crippen LogP contribution in [0, 0.1) is 6.92 Å². The molecular weight excluding hydrogens is 504 g/mol. The normalized spacial score (nSPS) is 14.8. The summed E-state index contributed by atoms with van der Waals surface area (Å²) in [6, 6.07) is 13.7. The van der Waals surface area contributed by atoms with Crippen LogP contribution in [0.5, 0.6) is 11.5 Å². The highest BCUT2D eigenvalue weighted by atomic mass is 32.2. The maximum absolute atomic E-state index is 6.28. The lowest BCUT2D eigenvalue weighted by atomic mass is 9.95. The minimum Gasteiger partial charge on any atom is -0.453 e. The van der Waals surface area contributed by atoms with Crippen molar-refractivity contribution in [2.24, 2.45) is 0 Å². The standard InChI is InChI=1S/C27H26N6O2S2/c1-17-24-23(8-11-28-26(24)35-32-17)37-20-14-22(34-19-6-4-3-5-7-19)25(29-15-20)31-27-30-21(16-36-27)18-9-12-33(2)13-10-18/h3-8,11,14-16,18H,9-10,12-13H2,1-2H3,(H,29,30,31). The molecule has 6 rings (SSSR count). The van der Waals surface area contributed by atoms with E-state index in [0.717, 1.165) is 63.4 Å². The van der Waals surface area contributed by atoms with E-state index in [1.54, 1.807) is 29.3 Å². The lowest BCUT2D eigenvalue weighted by Crippen LogP contribution is -2.29. The van der Waals surface area contributed by atoms with Gasteiger partial charge in [0.15, 0.2) is 16.7 Å². The summed E-state index contributed by atoms with van der Waals surface area (Å²) in [5, 5.41) is 11.4. The Bertz CT molecular complexity index is 1510. The van der Waals surface area contributed by atoms with Gasteiger partial charge in [-0.1, -0.05) is 35.1 Å². The minimum atomic E-state index is 0.507. The molecule has 37 heavy (non-hydrogen) atoms. The molecule has 8 nitrogen and oxygen atoms in total. The summed E-state index contributed by atoms with van der Waals surface area (Å²) in [5.74, 6) is 2.49. The quantitative estimate of drug-likeness (QED) is 0.242. The SMILES string of the molecule is Cc1noc2nccc(Sc3cnc(Nc4nc(C5CCN(C)CC5)cs4)c(Oc4ccccc4)c3)c12. The number of hydrogen-bond donors (Lipinski definition) is 1. The molecule has 0 bridgehead atoms. The van der Waals surface area contributed by atoms with Crippen LogP contribution in [-0.4, -0.2) is 45.1 Å². The van der Waals surface area contributed by atoms with Crippen LogP contribution in [0.4, 0.5) is 10.9 Å². The molecule has 0 amide bonds. The van der Waals surface area contributed by atoms with Gasteiger partial charge in [-0.2, -0.15) is 0 Å². The van der Waals surface area contributed by atoms with E-state index in [2.05, 4.69) is 32.8 Å². The summed E-state index contributed by atoms with van der Waals surface area (Å²) in [6.45, 7) is 4.14. The molecule has 0 unspecified atom stereocenters. The third-order valence-electron chi connectivity index (χ3n) is 6.42. The molecule has 0 saturated carbocycles. The van der Waals surface area contributed by atoms with Crippen molar-refractivity contribution in [3.63, 3.8) is 0 Å². The number of aryl methyl sites for hydroxylation is 1.